The molecule has 0 atom stereocenters. The molecule has 4 heterocycles. The van der Waals surface area contributed by atoms with E-state index in [-0.39, 0.29) is 29.9 Å². The monoisotopic (exact) mass is 651 g/mol. The molecule has 1 aliphatic heterocycles. The highest BCUT2D eigenvalue weighted by molar-refractivity contribution is 7.99. The molecule has 10 nitrogen and oxygen atoms in total. The zero-order valence-electron chi connectivity index (χ0n) is 27.5. The Kier molecular flexibility index (Phi) is 9.38. The van der Waals surface area contributed by atoms with E-state index in [1.165, 1.54) is 5.56 Å². The van der Waals surface area contributed by atoms with Crippen LogP contribution in [-0.2, 0) is 14.9 Å². The molecule has 0 aliphatic carbocycles. The van der Waals surface area contributed by atoms with Gasteiger partial charge in [0.25, 0.3) is 0 Å². The predicted octanol–water partition coefficient (Wildman–Crippen LogP) is 7.27. The molecule has 2 aromatic carbocycles. The molecule has 1 fully saturated rings. The van der Waals surface area contributed by atoms with Crippen LogP contribution in [-0.4, -0.2) is 62.8 Å². The van der Waals surface area contributed by atoms with Gasteiger partial charge < -0.3 is 19.5 Å². The Morgan fingerprint density at radius 3 is 2.30 bits per heavy atom. The van der Waals surface area contributed by atoms with Crippen LogP contribution in [0.1, 0.15) is 56.5 Å². The number of hydrogen-bond donors (Lipinski definition) is 2. The Bertz CT molecular complexity index is 1870. The van der Waals surface area contributed by atoms with E-state index in [1.54, 1.807) is 18.9 Å². The number of amides is 3. The quantitative estimate of drug-likeness (QED) is 0.183. The van der Waals surface area contributed by atoms with E-state index >= 15 is 0 Å². The SMILES string of the molecule is COCC(=O)N1CCC(c2nnc3ccc(Sc4ccc(NC(=O)Nc5cc(C(C)(C)C)cn5-c5ccc(C)cc5)cc4)cn23)CC1. The van der Waals surface area contributed by atoms with Crippen molar-refractivity contribution in [1.29, 1.82) is 0 Å². The molecule has 0 unspecified atom stereocenters. The van der Waals surface area contributed by atoms with Crippen molar-refractivity contribution >= 4 is 40.9 Å². The van der Waals surface area contributed by atoms with Crippen LogP contribution in [0.15, 0.2) is 88.9 Å². The second-order valence-electron chi connectivity index (χ2n) is 13.0. The van der Waals surface area contributed by atoms with Crippen molar-refractivity contribution in [1.82, 2.24) is 24.1 Å². The fourth-order valence-electron chi connectivity index (χ4n) is 5.74. The smallest absolute Gasteiger partial charge is 0.324 e. The van der Waals surface area contributed by atoms with Gasteiger partial charge >= 0.3 is 6.03 Å². The summed E-state index contributed by atoms with van der Waals surface area (Å²) in [7, 11) is 1.54. The van der Waals surface area contributed by atoms with E-state index in [9.17, 15) is 9.59 Å². The van der Waals surface area contributed by atoms with Crippen molar-refractivity contribution in [2.24, 2.45) is 0 Å². The number of piperidine rings is 1. The fraction of sp³-hybridized carbons (Fsp3) is 0.333. The highest BCUT2D eigenvalue weighted by atomic mass is 32.2. The van der Waals surface area contributed by atoms with E-state index in [0.29, 0.717) is 24.6 Å². The number of fused-ring (bicyclic) bond motifs is 1. The van der Waals surface area contributed by atoms with Gasteiger partial charge in [0.15, 0.2) is 5.65 Å². The molecule has 1 aliphatic rings. The number of pyridine rings is 1. The molecule has 1 saturated heterocycles. The van der Waals surface area contributed by atoms with E-state index in [1.807, 2.05) is 51.9 Å². The lowest BCUT2D eigenvalue weighted by Gasteiger charge is -2.31. The summed E-state index contributed by atoms with van der Waals surface area (Å²) in [5, 5.41) is 14.9. The average molecular weight is 652 g/mol. The van der Waals surface area contributed by atoms with Gasteiger partial charge in [0, 0.05) is 59.7 Å². The molecule has 47 heavy (non-hydrogen) atoms. The molecule has 0 radical (unpaired) electrons. The molecule has 0 spiro atoms. The second kappa shape index (κ2) is 13.6. The summed E-state index contributed by atoms with van der Waals surface area (Å²) >= 11 is 1.63. The van der Waals surface area contributed by atoms with Crippen LogP contribution in [0, 0.1) is 6.92 Å². The van der Waals surface area contributed by atoms with Crippen molar-refractivity contribution < 1.29 is 14.3 Å². The van der Waals surface area contributed by atoms with Crippen molar-refractivity contribution in [3.05, 3.63) is 96.1 Å². The summed E-state index contributed by atoms with van der Waals surface area (Å²) in [5.74, 6) is 1.89. The van der Waals surface area contributed by atoms with Gasteiger partial charge in [-0.15, -0.1) is 10.2 Å². The lowest BCUT2D eigenvalue weighted by molar-refractivity contribution is -0.136. The van der Waals surface area contributed by atoms with Crippen LogP contribution in [0.5, 0.6) is 0 Å². The van der Waals surface area contributed by atoms with Gasteiger partial charge in [0.1, 0.15) is 18.2 Å². The first-order valence-corrected chi connectivity index (χ1v) is 16.7. The molecule has 2 N–H and O–H groups in total. The number of methoxy groups -OCH3 is 1. The Labute approximate surface area is 279 Å². The molecular formula is C36H41N7O3S. The normalized spacial score (nSPS) is 14.0. The van der Waals surface area contributed by atoms with Gasteiger partial charge in [-0.25, -0.2) is 4.79 Å². The molecular weight excluding hydrogens is 611 g/mol. The summed E-state index contributed by atoms with van der Waals surface area (Å²) in [4.78, 5) is 29.3. The maximum absolute atomic E-state index is 13.1. The maximum Gasteiger partial charge on any atom is 0.324 e. The lowest BCUT2D eigenvalue weighted by Crippen LogP contribution is -2.40. The number of aryl methyl sites for hydroxylation is 1. The third-order valence-electron chi connectivity index (χ3n) is 8.47. The molecule has 244 valence electrons. The van der Waals surface area contributed by atoms with Gasteiger partial charge in [0.2, 0.25) is 5.91 Å². The summed E-state index contributed by atoms with van der Waals surface area (Å²) in [6.07, 6.45) is 5.84. The highest BCUT2D eigenvalue weighted by Crippen LogP contribution is 2.32. The van der Waals surface area contributed by atoms with Crippen LogP contribution < -0.4 is 10.6 Å². The first-order chi connectivity index (χ1) is 22.6. The predicted molar refractivity (Wildman–Crippen MR) is 186 cm³/mol. The average Bonchev–Trinajstić information content (AvgIpc) is 3.67. The van der Waals surface area contributed by atoms with E-state index < -0.39 is 0 Å². The van der Waals surface area contributed by atoms with Crippen LogP contribution in [0.4, 0.5) is 16.3 Å². The number of carbonyl (C=O) groups is 2. The summed E-state index contributed by atoms with van der Waals surface area (Å²) in [6.45, 7) is 10.0. The third-order valence-corrected chi connectivity index (χ3v) is 9.45. The molecule has 3 aromatic heterocycles. The molecule has 3 amide bonds. The van der Waals surface area contributed by atoms with Crippen molar-refractivity contribution in [3.8, 4) is 5.69 Å². The third kappa shape index (κ3) is 7.52. The summed E-state index contributed by atoms with van der Waals surface area (Å²) < 4.78 is 9.09. The fourth-order valence-corrected chi connectivity index (χ4v) is 6.58. The number of nitrogens with zero attached hydrogens (tertiary/aromatic N) is 5. The topological polar surface area (TPSA) is 106 Å². The lowest BCUT2D eigenvalue weighted by atomic mass is 9.89. The van der Waals surface area contributed by atoms with E-state index in [0.717, 1.165) is 45.4 Å². The minimum atomic E-state index is -0.309. The van der Waals surface area contributed by atoms with Crippen molar-refractivity contribution in [2.75, 3.05) is 37.4 Å². The Hall–Kier alpha value is -4.61. The molecule has 0 bridgehead atoms. The number of aromatic nitrogens is 4. The minimum absolute atomic E-state index is 0.0283. The van der Waals surface area contributed by atoms with Crippen molar-refractivity contribution in [3.63, 3.8) is 0 Å². The van der Waals surface area contributed by atoms with Crippen molar-refractivity contribution in [2.45, 2.75) is 61.7 Å². The largest absolute Gasteiger partial charge is 0.375 e. The molecule has 11 heteroatoms. The minimum Gasteiger partial charge on any atom is -0.375 e. The first-order valence-electron chi connectivity index (χ1n) is 15.8. The molecule has 6 rings (SSSR count). The van der Waals surface area contributed by atoms with E-state index in [4.69, 9.17) is 4.74 Å². The molecule has 5 aromatic rings. The van der Waals surface area contributed by atoms with Gasteiger partial charge in [0.05, 0.1) is 0 Å². The number of rotatable bonds is 8. The van der Waals surface area contributed by atoms with Crippen LogP contribution >= 0.6 is 11.8 Å². The zero-order valence-corrected chi connectivity index (χ0v) is 28.3. The van der Waals surface area contributed by atoms with Gasteiger partial charge in [-0.2, -0.15) is 0 Å². The number of nitrogens with one attached hydrogen (secondary N) is 2. The van der Waals surface area contributed by atoms with Gasteiger partial charge in [-0.05, 0) is 85.3 Å². The Morgan fingerprint density at radius 2 is 1.62 bits per heavy atom. The van der Waals surface area contributed by atoms with Crippen LogP contribution in [0.25, 0.3) is 11.3 Å². The van der Waals surface area contributed by atoms with E-state index in [2.05, 4.69) is 89.6 Å². The first kappa shape index (κ1) is 32.3. The number of anilines is 2. The summed E-state index contributed by atoms with van der Waals surface area (Å²) in [5.41, 5.74) is 4.73. The van der Waals surface area contributed by atoms with Gasteiger partial charge in [-0.1, -0.05) is 50.2 Å². The number of urea groups is 1. The number of ether oxygens (including phenoxy) is 1. The highest BCUT2D eigenvalue weighted by Gasteiger charge is 2.27. The second-order valence-corrected chi connectivity index (χ2v) is 14.2. The number of hydrogen-bond acceptors (Lipinski definition) is 6. The van der Waals surface area contributed by atoms with Crippen LogP contribution in [0.3, 0.4) is 0 Å². The standard InChI is InChI=1S/C36H41N7O3S/c1-24-6-10-28(11-7-24)42-21-26(36(2,3)4)20-32(42)38-35(45)37-27-8-12-29(13-9-27)47-30-14-15-31-39-40-34(43(31)22-30)25-16-18-41(19-17-25)33(44)23-46-5/h6-15,20-22,25H,16-19,23H2,1-5H3,(H2,37,38,45). The van der Waals surface area contributed by atoms with Crippen LogP contribution in [0.2, 0.25) is 0 Å². The maximum atomic E-state index is 13.1. The molecule has 0 saturated carbocycles. The number of likely N-dealkylation sites (tertiary alicyclic amines) is 1. The Morgan fingerprint density at radius 1 is 0.915 bits per heavy atom. The number of carbonyl (C=O) groups excluding carboxylic acids is 2. The Balaban J connectivity index is 1.10. The zero-order chi connectivity index (χ0) is 33.1. The number of benzene rings is 2. The van der Waals surface area contributed by atoms with Gasteiger partial charge in [-0.3, -0.25) is 14.5 Å². The summed E-state index contributed by atoms with van der Waals surface area (Å²) in [6, 6.07) is 21.8.